The number of aromatic amines is 1. The van der Waals surface area contributed by atoms with Crippen molar-refractivity contribution in [3.05, 3.63) is 83.9 Å². The maximum absolute atomic E-state index is 13.2. The van der Waals surface area contributed by atoms with Crippen LogP contribution >= 0.6 is 0 Å². The summed E-state index contributed by atoms with van der Waals surface area (Å²) >= 11 is 0. The number of benzene rings is 3. The van der Waals surface area contributed by atoms with Crippen molar-refractivity contribution in [1.82, 2.24) is 15.5 Å². The normalized spacial score (nSPS) is 17.0. The molecule has 1 amide bonds. The third-order valence-electron chi connectivity index (χ3n) is 6.88. The second kappa shape index (κ2) is 8.95. The van der Waals surface area contributed by atoms with Gasteiger partial charge in [0.05, 0.1) is 30.5 Å². The first-order chi connectivity index (χ1) is 16.8. The third kappa shape index (κ3) is 4.17. The number of hydrogen-bond acceptors (Lipinski definition) is 4. The van der Waals surface area contributed by atoms with Crippen molar-refractivity contribution < 1.29 is 9.53 Å². The van der Waals surface area contributed by atoms with Crippen LogP contribution in [0.2, 0.25) is 0 Å². The predicted octanol–water partition coefficient (Wildman–Crippen LogP) is 4.95. The van der Waals surface area contributed by atoms with Gasteiger partial charge in [-0.1, -0.05) is 42.5 Å². The molecule has 0 unspecified atom stereocenters. The fraction of sp³-hybridized carbons (Fsp3) is 0.286. The zero-order valence-electron chi connectivity index (χ0n) is 19.0. The number of carbonyl (C=O) groups excluding carboxylic acids is 1. The first-order valence-electron chi connectivity index (χ1n) is 12.0. The van der Waals surface area contributed by atoms with Crippen LogP contribution in [0.3, 0.4) is 0 Å². The Morgan fingerprint density at radius 3 is 2.50 bits per heavy atom. The summed E-state index contributed by atoms with van der Waals surface area (Å²) in [6.07, 6.45) is 2.32. The van der Waals surface area contributed by atoms with Crippen LogP contribution in [-0.2, 0) is 4.74 Å². The molecule has 1 saturated heterocycles. The molecule has 6 heteroatoms. The van der Waals surface area contributed by atoms with E-state index in [-0.39, 0.29) is 11.9 Å². The molecule has 0 spiro atoms. The Labute approximate surface area is 198 Å². The first kappa shape index (κ1) is 20.9. The number of morpholine rings is 1. The minimum absolute atomic E-state index is 0.0440. The molecule has 6 nitrogen and oxygen atoms in total. The third-order valence-corrected chi connectivity index (χ3v) is 6.88. The number of hydrogen-bond donors (Lipinski definition) is 2. The smallest absolute Gasteiger partial charge is 0.251 e. The summed E-state index contributed by atoms with van der Waals surface area (Å²) in [5.74, 6) is 0.474. The first-order valence-corrected chi connectivity index (χ1v) is 12.0. The van der Waals surface area contributed by atoms with Crippen molar-refractivity contribution >= 4 is 22.5 Å². The van der Waals surface area contributed by atoms with Gasteiger partial charge in [-0.2, -0.15) is 5.10 Å². The highest BCUT2D eigenvalue weighted by Crippen LogP contribution is 2.41. The lowest BCUT2D eigenvalue weighted by Crippen LogP contribution is -2.36. The average molecular weight is 453 g/mol. The Kier molecular flexibility index (Phi) is 5.51. The second-order valence-electron chi connectivity index (χ2n) is 9.18. The zero-order chi connectivity index (χ0) is 22.9. The van der Waals surface area contributed by atoms with Gasteiger partial charge >= 0.3 is 0 Å². The molecule has 3 aromatic carbocycles. The van der Waals surface area contributed by atoms with E-state index in [1.54, 1.807) is 0 Å². The molecule has 172 valence electrons. The molecular formula is C28H28N4O2. The molecule has 1 saturated carbocycles. The second-order valence-corrected chi connectivity index (χ2v) is 9.18. The Morgan fingerprint density at radius 2 is 1.76 bits per heavy atom. The Balaban J connectivity index is 1.25. The van der Waals surface area contributed by atoms with Crippen molar-refractivity contribution in [3.63, 3.8) is 0 Å². The molecule has 1 atom stereocenters. The molecule has 1 aliphatic carbocycles. The molecule has 2 heterocycles. The van der Waals surface area contributed by atoms with Gasteiger partial charge in [0.15, 0.2) is 0 Å². The van der Waals surface area contributed by atoms with Gasteiger partial charge in [-0.3, -0.25) is 9.89 Å². The van der Waals surface area contributed by atoms with Gasteiger partial charge in [0.2, 0.25) is 0 Å². The van der Waals surface area contributed by atoms with Crippen LogP contribution in [-0.4, -0.2) is 42.4 Å². The van der Waals surface area contributed by atoms with E-state index in [1.807, 2.05) is 36.4 Å². The van der Waals surface area contributed by atoms with E-state index in [0.717, 1.165) is 61.3 Å². The van der Waals surface area contributed by atoms with Gasteiger partial charge in [-0.25, -0.2) is 0 Å². The molecule has 0 bridgehead atoms. The largest absolute Gasteiger partial charge is 0.378 e. The van der Waals surface area contributed by atoms with Crippen LogP contribution in [0.5, 0.6) is 0 Å². The summed E-state index contributed by atoms with van der Waals surface area (Å²) in [5, 5.41) is 11.9. The lowest BCUT2D eigenvalue weighted by atomic mass is 10.0. The fourth-order valence-corrected chi connectivity index (χ4v) is 4.81. The molecule has 4 aromatic rings. The van der Waals surface area contributed by atoms with Crippen molar-refractivity contribution in [3.8, 4) is 11.3 Å². The fourth-order valence-electron chi connectivity index (χ4n) is 4.81. The number of amides is 1. The molecule has 2 fully saturated rings. The summed E-state index contributed by atoms with van der Waals surface area (Å²) in [7, 11) is 0. The summed E-state index contributed by atoms with van der Waals surface area (Å²) in [6.45, 7) is 3.35. The number of carbonyl (C=O) groups is 1. The van der Waals surface area contributed by atoms with E-state index in [2.05, 4.69) is 56.8 Å². The highest BCUT2D eigenvalue weighted by atomic mass is 16.5. The maximum atomic E-state index is 13.2. The summed E-state index contributed by atoms with van der Waals surface area (Å²) < 4.78 is 5.46. The van der Waals surface area contributed by atoms with E-state index in [1.165, 1.54) is 11.3 Å². The molecule has 1 aromatic heterocycles. The molecule has 2 aliphatic rings. The topological polar surface area (TPSA) is 70.2 Å². The number of nitrogens with zero attached hydrogens (tertiary/aromatic N) is 2. The van der Waals surface area contributed by atoms with Crippen LogP contribution in [0.25, 0.3) is 22.2 Å². The maximum Gasteiger partial charge on any atom is 0.251 e. The molecule has 0 radical (unpaired) electrons. The average Bonchev–Trinajstić information content (AvgIpc) is 3.66. The number of anilines is 1. The number of fused-ring (bicyclic) bond motifs is 1. The Morgan fingerprint density at radius 1 is 1.00 bits per heavy atom. The van der Waals surface area contributed by atoms with Crippen LogP contribution in [0.1, 0.15) is 34.8 Å². The minimum Gasteiger partial charge on any atom is -0.378 e. The van der Waals surface area contributed by atoms with Crippen LogP contribution in [0, 0.1) is 5.92 Å². The Hall–Kier alpha value is -3.64. The molecule has 1 aliphatic heterocycles. The Bertz CT molecular complexity index is 1290. The predicted molar refractivity (Wildman–Crippen MR) is 134 cm³/mol. The summed E-state index contributed by atoms with van der Waals surface area (Å²) in [5.41, 5.74) is 5.83. The highest BCUT2D eigenvalue weighted by molar-refractivity contribution is 6.01. The van der Waals surface area contributed by atoms with E-state index in [9.17, 15) is 4.79 Å². The van der Waals surface area contributed by atoms with Gasteiger partial charge < -0.3 is 15.0 Å². The molecule has 34 heavy (non-hydrogen) atoms. The highest BCUT2D eigenvalue weighted by Gasteiger charge is 2.33. The van der Waals surface area contributed by atoms with Gasteiger partial charge in [0, 0.05) is 35.3 Å². The van der Waals surface area contributed by atoms with E-state index < -0.39 is 0 Å². The SMILES string of the molecule is O=C(N[C@H](c1ccccc1)C1CC1)c1ccc2[nH]nc(-c3ccc(N4CCOCC4)cc3)c2c1. The van der Waals surface area contributed by atoms with Crippen molar-refractivity contribution in [1.29, 1.82) is 0 Å². The van der Waals surface area contributed by atoms with Crippen LogP contribution in [0.4, 0.5) is 5.69 Å². The van der Waals surface area contributed by atoms with Crippen LogP contribution in [0.15, 0.2) is 72.8 Å². The minimum atomic E-state index is -0.0440. The zero-order valence-corrected chi connectivity index (χ0v) is 19.0. The lowest BCUT2D eigenvalue weighted by Gasteiger charge is -2.28. The van der Waals surface area contributed by atoms with E-state index in [4.69, 9.17) is 4.74 Å². The van der Waals surface area contributed by atoms with Crippen molar-refractivity contribution in [2.24, 2.45) is 5.92 Å². The van der Waals surface area contributed by atoms with E-state index in [0.29, 0.717) is 11.5 Å². The standard InChI is InChI=1S/C28H28N4O2/c33-28(29-26(20-6-7-20)19-4-2-1-3-5-19)22-10-13-25-24(18-22)27(31-30-25)21-8-11-23(12-9-21)32-14-16-34-17-15-32/h1-5,8-13,18,20,26H,6-7,14-17H2,(H,29,33)(H,30,31)/t26-/m1/s1. The van der Waals surface area contributed by atoms with E-state index >= 15 is 0 Å². The number of nitrogens with one attached hydrogen (secondary N) is 2. The quantitative estimate of drug-likeness (QED) is 0.434. The molecular weight excluding hydrogens is 424 g/mol. The number of H-pyrrole nitrogens is 1. The molecule has 6 rings (SSSR count). The number of aromatic nitrogens is 2. The van der Waals surface area contributed by atoms with Gasteiger partial charge in [0.25, 0.3) is 5.91 Å². The van der Waals surface area contributed by atoms with Gasteiger partial charge in [0.1, 0.15) is 0 Å². The van der Waals surface area contributed by atoms with Crippen molar-refractivity contribution in [2.45, 2.75) is 18.9 Å². The number of rotatable bonds is 6. The van der Waals surface area contributed by atoms with Crippen molar-refractivity contribution in [2.75, 3.05) is 31.2 Å². The number of ether oxygens (including phenoxy) is 1. The van der Waals surface area contributed by atoms with Gasteiger partial charge in [-0.15, -0.1) is 0 Å². The van der Waals surface area contributed by atoms with Crippen LogP contribution < -0.4 is 10.2 Å². The molecule has 2 N–H and O–H groups in total. The summed E-state index contributed by atoms with van der Waals surface area (Å²) in [4.78, 5) is 15.6. The monoisotopic (exact) mass is 452 g/mol. The lowest BCUT2D eigenvalue weighted by molar-refractivity contribution is 0.0932. The van der Waals surface area contributed by atoms with Gasteiger partial charge in [-0.05, 0) is 54.7 Å². The summed E-state index contributed by atoms with van der Waals surface area (Å²) in [6, 6.07) is 24.6.